The summed E-state index contributed by atoms with van der Waals surface area (Å²) in [6.45, 7) is 6.79. The highest BCUT2D eigenvalue weighted by atomic mass is 19.1. The lowest BCUT2D eigenvalue weighted by Crippen LogP contribution is -2.48. The van der Waals surface area contributed by atoms with Crippen molar-refractivity contribution in [2.75, 3.05) is 26.2 Å². The van der Waals surface area contributed by atoms with Crippen molar-refractivity contribution in [3.63, 3.8) is 0 Å². The minimum absolute atomic E-state index is 0.0335. The molecular formula is C24H26FN5O3. The summed E-state index contributed by atoms with van der Waals surface area (Å²) in [6.07, 6.45) is 0. The van der Waals surface area contributed by atoms with E-state index in [0.717, 1.165) is 5.56 Å². The lowest BCUT2D eigenvalue weighted by Gasteiger charge is -2.34. The monoisotopic (exact) mass is 451 g/mol. The van der Waals surface area contributed by atoms with Crippen LogP contribution in [-0.4, -0.2) is 56.6 Å². The van der Waals surface area contributed by atoms with Gasteiger partial charge in [0.2, 0.25) is 0 Å². The van der Waals surface area contributed by atoms with Gasteiger partial charge in [-0.2, -0.15) is 5.10 Å². The Labute approximate surface area is 191 Å². The van der Waals surface area contributed by atoms with Crippen LogP contribution in [0.2, 0.25) is 0 Å². The van der Waals surface area contributed by atoms with E-state index in [1.165, 1.54) is 6.07 Å². The highest BCUT2D eigenvalue weighted by Gasteiger charge is 2.24. The van der Waals surface area contributed by atoms with Crippen molar-refractivity contribution in [2.24, 2.45) is 0 Å². The fraction of sp³-hybridized carbons (Fsp3) is 0.333. The maximum absolute atomic E-state index is 13.9. The first-order valence-electron chi connectivity index (χ1n) is 10.9. The number of aryl methyl sites for hydroxylation is 1. The predicted octanol–water partition coefficient (Wildman–Crippen LogP) is 3.55. The van der Waals surface area contributed by atoms with Crippen molar-refractivity contribution in [2.45, 2.75) is 26.9 Å². The van der Waals surface area contributed by atoms with Gasteiger partial charge in [0.1, 0.15) is 17.2 Å². The molecule has 8 nitrogen and oxygen atoms in total. The van der Waals surface area contributed by atoms with Crippen molar-refractivity contribution < 1.29 is 14.1 Å². The van der Waals surface area contributed by atoms with Crippen LogP contribution in [0.15, 0.2) is 48.5 Å². The summed E-state index contributed by atoms with van der Waals surface area (Å²) in [7, 11) is 0. The molecule has 1 saturated heterocycles. The summed E-state index contributed by atoms with van der Waals surface area (Å²) >= 11 is 0. The van der Waals surface area contributed by atoms with Crippen LogP contribution >= 0.6 is 0 Å². The quantitative estimate of drug-likeness (QED) is 0.423. The van der Waals surface area contributed by atoms with Gasteiger partial charge in [-0.15, -0.1) is 0 Å². The average Bonchev–Trinajstić information content (AvgIpc) is 3.08. The van der Waals surface area contributed by atoms with Gasteiger partial charge >= 0.3 is 5.69 Å². The first-order valence-corrected chi connectivity index (χ1v) is 10.9. The summed E-state index contributed by atoms with van der Waals surface area (Å²) in [6, 6.07) is 14.0. The van der Waals surface area contributed by atoms with Crippen LogP contribution in [0.1, 0.15) is 32.9 Å². The van der Waals surface area contributed by atoms with Crippen LogP contribution in [0.25, 0.3) is 0 Å². The molecule has 0 bridgehead atoms. The Morgan fingerprint density at radius 1 is 1.03 bits per heavy atom. The standard InChI is InChI=1S/C24H26FN5O3/c1-17-23(30(32)33)18(2)29(26-17)15-19-7-9-20(10-8-19)24(31)28-13-11-27(12-14-28)16-21-5-3-4-6-22(21)25/h3-10H,11-16H2,1-2H3. The second-order valence-corrected chi connectivity index (χ2v) is 8.29. The van der Waals surface area contributed by atoms with Crippen LogP contribution in [0.5, 0.6) is 0 Å². The molecule has 2 heterocycles. The fourth-order valence-corrected chi connectivity index (χ4v) is 4.19. The van der Waals surface area contributed by atoms with E-state index in [0.29, 0.717) is 61.8 Å². The van der Waals surface area contributed by atoms with E-state index >= 15 is 0 Å². The third-order valence-electron chi connectivity index (χ3n) is 6.07. The molecule has 1 aliphatic rings. The molecule has 4 rings (SSSR count). The number of hydrogen-bond acceptors (Lipinski definition) is 5. The Bertz CT molecular complexity index is 1170. The van der Waals surface area contributed by atoms with Crippen molar-refractivity contribution in [1.82, 2.24) is 19.6 Å². The molecule has 0 spiro atoms. The number of nitrogens with zero attached hydrogens (tertiary/aromatic N) is 5. The van der Waals surface area contributed by atoms with Crippen molar-refractivity contribution in [1.29, 1.82) is 0 Å². The van der Waals surface area contributed by atoms with Gasteiger partial charge < -0.3 is 4.90 Å². The van der Waals surface area contributed by atoms with Gasteiger partial charge in [-0.1, -0.05) is 30.3 Å². The lowest BCUT2D eigenvalue weighted by molar-refractivity contribution is -0.386. The molecular weight excluding hydrogens is 425 g/mol. The maximum atomic E-state index is 13.9. The van der Waals surface area contributed by atoms with Crippen LogP contribution in [0.4, 0.5) is 10.1 Å². The minimum Gasteiger partial charge on any atom is -0.336 e. The molecule has 1 amide bonds. The number of carbonyl (C=O) groups is 1. The zero-order valence-corrected chi connectivity index (χ0v) is 18.7. The molecule has 1 fully saturated rings. The second-order valence-electron chi connectivity index (χ2n) is 8.29. The molecule has 0 saturated carbocycles. The summed E-state index contributed by atoms with van der Waals surface area (Å²) < 4.78 is 15.5. The molecule has 33 heavy (non-hydrogen) atoms. The Balaban J connectivity index is 1.35. The Hall–Kier alpha value is -3.59. The molecule has 2 aromatic carbocycles. The first-order chi connectivity index (χ1) is 15.8. The predicted molar refractivity (Wildman–Crippen MR) is 121 cm³/mol. The van der Waals surface area contributed by atoms with E-state index < -0.39 is 4.92 Å². The van der Waals surface area contributed by atoms with E-state index in [-0.39, 0.29) is 17.4 Å². The van der Waals surface area contributed by atoms with Gasteiger partial charge in [-0.05, 0) is 37.6 Å². The third kappa shape index (κ3) is 4.93. The summed E-state index contributed by atoms with van der Waals surface area (Å²) in [4.78, 5) is 27.7. The number of rotatable bonds is 6. The largest absolute Gasteiger partial charge is 0.336 e. The van der Waals surface area contributed by atoms with Gasteiger partial charge in [-0.3, -0.25) is 24.5 Å². The Morgan fingerprint density at radius 3 is 2.30 bits per heavy atom. The Kier molecular flexibility index (Phi) is 6.50. The number of piperazine rings is 1. The van der Waals surface area contributed by atoms with E-state index in [1.54, 1.807) is 42.8 Å². The number of hydrogen-bond donors (Lipinski definition) is 0. The summed E-state index contributed by atoms with van der Waals surface area (Å²) in [5, 5.41) is 15.5. The van der Waals surface area contributed by atoms with Gasteiger partial charge in [0.15, 0.2) is 0 Å². The molecule has 0 atom stereocenters. The molecule has 0 N–H and O–H groups in total. The molecule has 0 aliphatic carbocycles. The second kappa shape index (κ2) is 9.50. The van der Waals surface area contributed by atoms with Crippen LogP contribution in [0, 0.1) is 29.8 Å². The SMILES string of the molecule is Cc1nn(Cc2ccc(C(=O)N3CCN(Cc4ccccc4F)CC3)cc2)c(C)c1[N+](=O)[O-]. The summed E-state index contributed by atoms with van der Waals surface area (Å²) in [5.74, 6) is -0.236. The highest BCUT2D eigenvalue weighted by Crippen LogP contribution is 2.23. The van der Waals surface area contributed by atoms with Crippen molar-refractivity contribution >= 4 is 11.6 Å². The zero-order chi connectivity index (χ0) is 23.5. The topological polar surface area (TPSA) is 84.5 Å². The first kappa shape index (κ1) is 22.6. The zero-order valence-electron chi connectivity index (χ0n) is 18.7. The normalized spacial score (nSPS) is 14.5. The molecule has 172 valence electrons. The van der Waals surface area contributed by atoms with E-state index in [9.17, 15) is 19.3 Å². The molecule has 3 aromatic rings. The number of amides is 1. The molecule has 1 aromatic heterocycles. The number of carbonyl (C=O) groups excluding carboxylic acids is 1. The number of aromatic nitrogens is 2. The van der Waals surface area contributed by atoms with Crippen LogP contribution in [-0.2, 0) is 13.1 Å². The van der Waals surface area contributed by atoms with Gasteiger partial charge in [-0.25, -0.2) is 4.39 Å². The maximum Gasteiger partial charge on any atom is 0.312 e. The van der Waals surface area contributed by atoms with Gasteiger partial charge in [0.25, 0.3) is 5.91 Å². The molecule has 1 aliphatic heterocycles. The number of nitro groups is 1. The number of benzene rings is 2. The highest BCUT2D eigenvalue weighted by molar-refractivity contribution is 5.94. The molecule has 9 heteroatoms. The smallest absolute Gasteiger partial charge is 0.312 e. The number of halogens is 1. The van der Waals surface area contributed by atoms with E-state index in [1.807, 2.05) is 23.1 Å². The fourth-order valence-electron chi connectivity index (χ4n) is 4.19. The minimum atomic E-state index is -0.411. The average molecular weight is 452 g/mol. The molecule has 0 unspecified atom stereocenters. The van der Waals surface area contributed by atoms with Crippen LogP contribution < -0.4 is 0 Å². The van der Waals surface area contributed by atoms with Gasteiger partial charge in [0.05, 0.1) is 11.5 Å². The lowest BCUT2D eigenvalue weighted by atomic mass is 10.1. The van der Waals surface area contributed by atoms with Crippen molar-refractivity contribution in [3.05, 3.63) is 92.5 Å². The van der Waals surface area contributed by atoms with Gasteiger partial charge in [0, 0.05) is 43.9 Å². The Morgan fingerprint density at radius 2 is 1.70 bits per heavy atom. The van der Waals surface area contributed by atoms with Crippen molar-refractivity contribution in [3.8, 4) is 0 Å². The molecule has 0 radical (unpaired) electrons. The third-order valence-corrected chi connectivity index (χ3v) is 6.07. The van der Waals surface area contributed by atoms with E-state index in [2.05, 4.69) is 10.00 Å². The van der Waals surface area contributed by atoms with E-state index in [4.69, 9.17) is 0 Å². The summed E-state index contributed by atoms with van der Waals surface area (Å²) in [5.41, 5.74) is 3.10. The van der Waals surface area contributed by atoms with Crippen LogP contribution in [0.3, 0.4) is 0 Å².